The molecule has 2 heterocycles. The van der Waals surface area contributed by atoms with E-state index in [2.05, 4.69) is 37.6 Å². The first kappa shape index (κ1) is 17.3. The molecule has 1 fully saturated rings. The molecule has 0 N–H and O–H groups in total. The Morgan fingerprint density at radius 1 is 1.23 bits per heavy atom. The lowest BCUT2D eigenvalue weighted by Crippen LogP contribution is -2.43. The third-order valence-electron chi connectivity index (χ3n) is 5.50. The fourth-order valence-corrected chi connectivity index (χ4v) is 3.85. The fraction of sp³-hybridized carbons (Fsp3) is 0.571. The SMILES string of the molecule is Cc1ccccc1CC(=O)N1CCn2nc(C3CC3)nc2[C@@H]1CC(C)C. The van der Waals surface area contributed by atoms with Gasteiger partial charge in [0, 0.05) is 12.5 Å². The van der Waals surface area contributed by atoms with Crippen LogP contribution in [0.3, 0.4) is 0 Å². The fourth-order valence-electron chi connectivity index (χ4n) is 3.85. The highest BCUT2D eigenvalue weighted by Gasteiger charge is 2.36. The molecule has 5 heteroatoms. The molecule has 4 rings (SSSR count). The molecule has 1 aromatic carbocycles. The molecule has 1 atom stereocenters. The van der Waals surface area contributed by atoms with Gasteiger partial charge in [-0.1, -0.05) is 38.1 Å². The summed E-state index contributed by atoms with van der Waals surface area (Å²) in [5.74, 6) is 3.23. The average molecular weight is 352 g/mol. The molecule has 138 valence electrons. The van der Waals surface area contributed by atoms with E-state index < -0.39 is 0 Å². The lowest BCUT2D eigenvalue weighted by atomic mass is 9.98. The highest BCUT2D eigenvalue weighted by molar-refractivity contribution is 5.79. The van der Waals surface area contributed by atoms with Crippen molar-refractivity contribution in [2.24, 2.45) is 5.92 Å². The summed E-state index contributed by atoms with van der Waals surface area (Å²) in [5.41, 5.74) is 2.30. The number of hydrogen-bond donors (Lipinski definition) is 0. The molecule has 5 nitrogen and oxygen atoms in total. The van der Waals surface area contributed by atoms with Crippen LogP contribution in [0, 0.1) is 12.8 Å². The lowest BCUT2D eigenvalue weighted by molar-refractivity contribution is -0.134. The van der Waals surface area contributed by atoms with Crippen LogP contribution in [0.1, 0.15) is 67.8 Å². The Morgan fingerprint density at radius 2 is 2.00 bits per heavy atom. The Balaban J connectivity index is 1.59. The molecule has 2 aromatic rings. The summed E-state index contributed by atoms with van der Waals surface area (Å²) in [6.07, 6.45) is 3.80. The second kappa shape index (κ2) is 6.86. The molecule has 0 saturated heterocycles. The van der Waals surface area contributed by atoms with Gasteiger partial charge in [0.05, 0.1) is 19.0 Å². The molecule has 1 amide bonds. The zero-order valence-corrected chi connectivity index (χ0v) is 16.0. The van der Waals surface area contributed by atoms with Crippen molar-refractivity contribution < 1.29 is 4.79 Å². The van der Waals surface area contributed by atoms with E-state index in [0.29, 0.717) is 18.3 Å². The van der Waals surface area contributed by atoms with E-state index in [-0.39, 0.29) is 11.9 Å². The third kappa shape index (κ3) is 3.39. The summed E-state index contributed by atoms with van der Waals surface area (Å²) in [5, 5.41) is 4.73. The summed E-state index contributed by atoms with van der Waals surface area (Å²) in [7, 11) is 0. The topological polar surface area (TPSA) is 51.0 Å². The molecule has 1 aliphatic heterocycles. The number of amides is 1. The second-order valence-corrected chi connectivity index (χ2v) is 8.16. The molecular formula is C21H28N4O. The van der Waals surface area contributed by atoms with Gasteiger partial charge in [-0.25, -0.2) is 9.67 Å². The van der Waals surface area contributed by atoms with E-state index in [0.717, 1.165) is 36.7 Å². The molecule has 0 bridgehead atoms. The average Bonchev–Trinajstić information content (AvgIpc) is 3.36. The van der Waals surface area contributed by atoms with Gasteiger partial charge in [-0.05, 0) is 43.2 Å². The van der Waals surface area contributed by atoms with Crippen molar-refractivity contribution in [2.75, 3.05) is 6.54 Å². The Labute approximate surface area is 155 Å². The first-order valence-corrected chi connectivity index (χ1v) is 9.81. The van der Waals surface area contributed by atoms with Crippen LogP contribution in [0.5, 0.6) is 0 Å². The van der Waals surface area contributed by atoms with Gasteiger partial charge in [0.1, 0.15) is 5.82 Å². The number of fused-ring (bicyclic) bond motifs is 1. The number of rotatable bonds is 5. The molecule has 0 spiro atoms. The van der Waals surface area contributed by atoms with E-state index in [1.54, 1.807) is 0 Å². The van der Waals surface area contributed by atoms with Crippen LogP contribution in [-0.4, -0.2) is 32.1 Å². The van der Waals surface area contributed by atoms with Crippen molar-refractivity contribution >= 4 is 5.91 Å². The minimum atomic E-state index is 0.0419. The monoisotopic (exact) mass is 352 g/mol. The minimum Gasteiger partial charge on any atom is -0.330 e. The van der Waals surface area contributed by atoms with Crippen molar-refractivity contribution in [3.05, 3.63) is 47.0 Å². The van der Waals surface area contributed by atoms with E-state index >= 15 is 0 Å². The van der Waals surface area contributed by atoms with Gasteiger partial charge >= 0.3 is 0 Å². The van der Waals surface area contributed by atoms with Crippen molar-refractivity contribution in [1.82, 2.24) is 19.7 Å². The van der Waals surface area contributed by atoms with Crippen LogP contribution in [0.25, 0.3) is 0 Å². The second-order valence-electron chi connectivity index (χ2n) is 8.16. The zero-order valence-electron chi connectivity index (χ0n) is 16.0. The van der Waals surface area contributed by atoms with Crippen LogP contribution in [-0.2, 0) is 17.8 Å². The Morgan fingerprint density at radius 3 is 2.69 bits per heavy atom. The smallest absolute Gasteiger partial charge is 0.227 e. The molecule has 0 radical (unpaired) electrons. The Kier molecular flexibility index (Phi) is 4.55. The normalized spacial score (nSPS) is 19.7. The van der Waals surface area contributed by atoms with Crippen molar-refractivity contribution in [1.29, 1.82) is 0 Å². The maximum absolute atomic E-state index is 13.1. The number of hydrogen-bond acceptors (Lipinski definition) is 3. The quantitative estimate of drug-likeness (QED) is 0.825. The number of carbonyl (C=O) groups excluding carboxylic acids is 1. The van der Waals surface area contributed by atoms with Crippen LogP contribution in [0.15, 0.2) is 24.3 Å². The first-order valence-electron chi connectivity index (χ1n) is 9.81. The maximum Gasteiger partial charge on any atom is 0.227 e. The minimum absolute atomic E-state index is 0.0419. The zero-order chi connectivity index (χ0) is 18.3. The van der Waals surface area contributed by atoms with Crippen LogP contribution in [0.4, 0.5) is 0 Å². The van der Waals surface area contributed by atoms with Crippen LogP contribution >= 0.6 is 0 Å². The van der Waals surface area contributed by atoms with Crippen LogP contribution < -0.4 is 0 Å². The number of nitrogens with zero attached hydrogens (tertiary/aromatic N) is 4. The standard InChI is InChI=1S/C21H28N4O/c1-14(2)12-18-21-22-20(16-8-9-16)23-25(21)11-10-24(18)19(26)13-17-7-5-4-6-15(17)3/h4-7,14,16,18H,8-13H2,1-3H3/t18-/m0/s1. The van der Waals surface area contributed by atoms with E-state index in [1.807, 2.05) is 17.0 Å². The summed E-state index contributed by atoms with van der Waals surface area (Å²) < 4.78 is 2.05. The molecule has 26 heavy (non-hydrogen) atoms. The molecular weight excluding hydrogens is 324 g/mol. The highest BCUT2D eigenvalue weighted by Crippen LogP contribution is 2.40. The van der Waals surface area contributed by atoms with Gasteiger partial charge in [0.2, 0.25) is 5.91 Å². The summed E-state index contributed by atoms with van der Waals surface area (Å²) in [6, 6.07) is 8.20. The molecule has 1 saturated carbocycles. The van der Waals surface area contributed by atoms with Gasteiger partial charge in [-0.2, -0.15) is 5.10 Å². The van der Waals surface area contributed by atoms with Gasteiger partial charge in [0.15, 0.2) is 5.82 Å². The van der Waals surface area contributed by atoms with Gasteiger partial charge in [0.25, 0.3) is 0 Å². The molecule has 1 aliphatic carbocycles. The Hall–Kier alpha value is -2.17. The summed E-state index contributed by atoms with van der Waals surface area (Å²) in [6.45, 7) is 7.97. The number of carbonyl (C=O) groups is 1. The maximum atomic E-state index is 13.1. The van der Waals surface area contributed by atoms with E-state index in [1.165, 1.54) is 18.4 Å². The predicted octanol–water partition coefficient (Wildman–Crippen LogP) is 3.64. The Bertz CT molecular complexity index is 806. The molecule has 0 unspecified atom stereocenters. The summed E-state index contributed by atoms with van der Waals surface area (Å²) in [4.78, 5) is 20.1. The van der Waals surface area contributed by atoms with Gasteiger partial charge in [-0.15, -0.1) is 0 Å². The largest absolute Gasteiger partial charge is 0.330 e. The van der Waals surface area contributed by atoms with Crippen LogP contribution in [0.2, 0.25) is 0 Å². The van der Waals surface area contributed by atoms with Gasteiger partial charge < -0.3 is 4.90 Å². The summed E-state index contributed by atoms with van der Waals surface area (Å²) >= 11 is 0. The van der Waals surface area contributed by atoms with Gasteiger partial charge in [-0.3, -0.25) is 4.79 Å². The highest BCUT2D eigenvalue weighted by atomic mass is 16.2. The van der Waals surface area contributed by atoms with Crippen molar-refractivity contribution in [3.63, 3.8) is 0 Å². The predicted molar refractivity (Wildman–Crippen MR) is 101 cm³/mol. The van der Waals surface area contributed by atoms with E-state index in [9.17, 15) is 4.79 Å². The number of aryl methyl sites for hydroxylation is 1. The van der Waals surface area contributed by atoms with Crippen molar-refractivity contribution in [3.8, 4) is 0 Å². The number of aromatic nitrogens is 3. The first-order chi connectivity index (χ1) is 12.5. The number of benzene rings is 1. The third-order valence-corrected chi connectivity index (χ3v) is 5.50. The van der Waals surface area contributed by atoms with E-state index in [4.69, 9.17) is 10.1 Å². The molecule has 1 aromatic heterocycles. The van der Waals surface area contributed by atoms with Crippen molar-refractivity contribution in [2.45, 2.75) is 65.0 Å². The lowest BCUT2D eigenvalue weighted by Gasteiger charge is -2.36. The molecule has 2 aliphatic rings.